The molecule has 1 aromatic carbocycles. The quantitative estimate of drug-likeness (QED) is 0.712. The van der Waals surface area contributed by atoms with Gasteiger partial charge in [0.2, 0.25) is 0 Å². The van der Waals surface area contributed by atoms with Crippen molar-refractivity contribution >= 4 is 22.9 Å². The average molecular weight is 299 g/mol. The number of nitrogens with one attached hydrogen (secondary N) is 2. The molecule has 0 aliphatic carbocycles. The Morgan fingerprint density at radius 1 is 1.29 bits per heavy atom. The predicted octanol–water partition coefficient (Wildman–Crippen LogP) is 2.79. The molecule has 3 rings (SSSR count). The highest BCUT2D eigenvalue weighted by Crippen LogP contribution is 2.18. The van der Waals surface area contributed by atoms with E-state index in [0.717, 1.165) is 23.0 Å². The second-order valence-corrected chi connectivity index (χ2v) is 5.88. The van der Waals surface area contributed by atoms with Crippen molar-refractivity contribution in [2.45, 2.75) is 25.0 Å². The molecule has 0 radical (unpaired) electrons. The van der Waals surface area contributed by atoms with Gasteiger partial charge in [0.25, 0.3) is 0 Å². The average Bonchev–Trinajstić information content (AvgIpc) is 2.94. The smallest absolute Gasteiger partial charge is 0.173 e. The van der Waals surface area contributed by atoms with Crippen LogP contribution in [0.2, 0.25) is 0 Å². The van der Waals surface area contributed by atoms with E-state index >= 15 is 0 Å². The first-order chi connectivity index (χ1) is 10.3. The van der Waals surface area contributed by atoms with Crippen LogP contribution in [0, 0.1) is 5.41 Å². The first kappa shape index (κ1) is 13.9. The molecule has 0 fully saturated rings. The van der Waals surface area contributed by atoms with Crippen LogP contribution in [-0.4, -0.2) is 25.3 Å². The van der Waals surface area contributed by atoms with Gasteiger partial charge in [0.15, 0.2) is 16.3 Å². The fourth-order valence-corrected chi connectivity index (χ4v) is 2.85. The summed E-state index contributed by atoms with van der Waals surface area (Å²) in [6, 6.07) is 10.2. The standard InChI is InChI=1S/C15H17N5S/c1-2-8-21-15-18-12-13(16)17-10-20(14(12)19-15)9-11-6-4-3-5-7-11/h3-7,10,16H,2,8-9H2,1H3,(H,18,19). The van der Waals surface area contributed by atoms with Gasteiger partial charge in [-0.15, -0.1) is 0 Å². The Kier molecular flexibility index (Phi) is 4.06. The summed E-state index contributed by atoms with van der Waals surface area (Å²) in [5, 5.41) is 8.78. The minimum atomic E-state index is 0.241. The zero-order chi connectivity index (χ0) is 14.7. The van der Waals surface area contributed by atoms with Crippen molar-refractivity contribution in [1.82, 2.24) is 19.5 Å². The number of fused-ring (bicyclic) bond motifs is 1. The topological polar surface area (TPSA) is 70.3 Å². The van der Waals surface area contributed by atoms with Gasteiger partial charge in [-0.1, -0.05) is 49.0 Å². The summed E-state index contributed by atoms with van der Waals surface area (Å²) in [4.78, 5) is 12.0. The summed E-state index contributed by atoms with van der Waals surface area (Å²) >= 11 is 1.68. The van der Waals surface area contributed by atoms with Gasteiger partial charge >= 0.3 is 0 Å². The second-order valence-electron chi connectivity index (χ2n) is 4.80. The molecule has 21 heavy (non-hydrogen) atoms. The minimum absolute atomic E-state index is 0.241. The third-order valence-electron chi connectivity index (χ3n) is 3.14. The molecule has 6 heteroatoms. The minimum Gasteiger partial charge on any atom is -0.328 e. The summed E-state index contributed by atoms with van der Waals surface area (Å²) in [7, 11) is 0. The van der Waals surface area contributed by atoms with E-state index in [0.29, 0.717) is 12.1 Å². The highest BCUT2D eigenvalue weighted by Gasteiger charge is 2.09. The van der Waals surface area contributed by atoms with Crippen molar-refractivity contribution in [1.29, 1.82) is 5.41 Å². The maximum Gasteiger partial charge on any atom is 0.173 e. The number of nitrogens with zero attached hydrogens (tertiary/aromatic N) is 3. The predicted molar refractivity (Wildman–Crippen MR) is 84.3 cm³/mol. The second kappa shape index (κ2) is 6.13. The lowest BCUT2D eigenvalue weighted by Gasteiger charge is -2.06. The van der Waals surface area contributed by atoms with E-state index in [4.69, 9.17) is 5.41 Å². The maximum absolute atomic E-state index is 7.93. The van der Waals surface area contributed by atoms with E-state index in [2.05, 4.69) is 34.0 Å². The molecule has 0 unspecified atom stereocenters. The molecule has 2 N–H and O–H groups in total. The van der Waals surface area contributed by atoms with Gasteiger partial charge in [-0.05, 0) is 12.0 Å². The molecule has 3 aromatic rings. The summed E-state index contributed by atoms with van der Waals surface area (Å²) in [5.74, 6) is 1.01. The Balaban J connectivity index is 2.00. The van der Waals surface area contributed by atoms with Gasteiger partial charge < -0.3 is 9.55 Å². The molecule has 2 aromatic heterocycles. The van der Waals surface area contributed by atoms with Crippen LogP contribution in [0.25, 0.3) is 11.2 Å². The Hall–Kier alpha value is -2.08. The highest BCUT2D eigenvalue weighted by molar-refractivity contribution is 7.99. The van der Waals surface area contributed by atoms with Crippen LogP contribution in [0.4, 0.5) is 0 Å². The SMILES string of the molecule is CCCSc1nc2c([nH]1)c(=N)ncn2Cc1ccccc1. The third kappa shape index (κ3) is 3.00. The molecular weight excluding hydrogens is 282 g/mol. The number of imidazole rings is 1. The molecule has 0 aliphatic rings. The summed E-state index contributed by atoms with van der Waals surface area (Å²) < 4.78 is 1.98. The zero-order valence-corrected chi connectivity index (χ0v) is 12.7. The first-order valence-corrected chi connectivity index (χ1v) is 7.93. The molecule has 0 aliphatic heterocycles. The molecule has 0 saturated carbocycles. The number of benzene rings is 1. The van der Waals surface area contributed by atoms with Crippen molar-refractivity contribution in [3.63, 3.8) is 0 Å². The van der Waals surface area contributed by atoms with E-state index in [1.54, 1.807) is 18.1 Å². The Bertz CT molecular complexity index is 791. The van der Waals surface area contributed by atoms with Gasteiger partial charge in [-0.25, -0.2) is 9.97 Å². The molecule has 0 amide bonds. The number of H-pyrrole nitrogens is 1. The number of aromatic nitrogens is 4. The highest BCUT2D eigenvalue weighted by atomic mass is 32.2. The fourth-order valence-electron chi connectivity index (χ4n) is 2.13. The Morgan fingerprint density at radius 2 is 2.10 bits per heavy atom. The molecule has 108 valence electrons. The number of aromatic amines is 1. The monoisotopic (exact) mass is 299 g/mol. The number of thioether (sulfide) groups is 1. The van der Waals surface area contributed by atoms with Gasteiger partial charge in [-0.2, -0.15) is 0 Å². The zero-order valence-electron chi connectivity index (χ0n) is 11.8. The molecule has 0 atom stereocenters. The fraction of sp³-hybridized carbons (Fsp3) is 0.267. The molecule has 5 nitrogen and oxygen atoms in total. The van der Waals surface area contributed by atoms with Crippen LogP contribution in [-0.2, 0) is 6.54 Å². The van der Waals surface area contributed by atoms with Crippen LogP contribution >= 0.6 is 11.8 Å². The van der Waals surface area contributed by atoms with Crippen LogP contribution in [0.5, 0.6) is 0 Å². The van der Waals surface area contributed by atoms with Crippen molar-refractivity contribution in [3.05, 3.63) is 47.7 Å². The molecule has 0 spiro atoms. The van der Waals surface area contributed by atoms with Crippen molar-refractivity contribution < 1.29 is 0 Å². The van der Waals surface area contributed by atoms with Crippen molar-refractivity contribution in [3.8, 4) is 0 Å². The molecule has 0 saturated heterocycles. The number of rotatable bonds is 5. The van der Waals surface area contributed by atoms with Crippen LogP contribution in [0.15, 0.2) is 41.8 Å². The summed E-state index contributed by atoms with van der Waals surface area (Å²) in [6.45, 7) is 2.84. The third-order valence-corrected chi connectivity index (χ3v) is 4.22. The van der Waals surface area contributed by atoms with E-state index in [9.17, 15) is 0 Å². The van der Waals surface area contributed by atoms with Gasteiger partial charge in [0, 0.05) is 5.75 Å². The normalized spacial score (nSPS) is 11.1. The molecule has 2 heterocycles. The van der Waals surface area contributed by atoms with Gasteiger partial charge in [-0.3, -0.25) is 5.41 Å². The lowest BCUT2D eigenvalue weighted by Crippen LogP contribution is -2.13. The van der Waals surface area contributed by atoms with Crippen molar-refractivity contribution in [2.75, 3.05) is 5.75 Å². The largest absolute Gasteiger partial charge is 0.328 e. The summed E-state index contributed by atoms with van der Waals surface area (Å²) in [5.41, 5.74) is 2.92. The van der Waals surface area contributed by atoms with Crippen LogP contribution in [0.3, 0.4) is 0 Å². The molecule has 0 bridgehead atoms. The lowest BCUT2D eigenvalue weighted by molar-refractivity contribution is 0.782. The van der Waals surface area contributed by atoms with Gasteiger partial charge in [0.05, 0.1) is 12.9 Å². The number of hydrogen-bond acceptors (Lipinski definition) is 4. The van der Waals surface area contributed by atoms with E-state index in [-0.39, 0.29) is 5.49 Å². The first-order valence-electron chi connectivity index (χ1n) is 6.94. The Morgan fingerprint density at radius 3 is 2.86 bits per heavy atom. The van der Waals surface area contributed by atoms with Crippen molar-refractivity contribution in [2.24, 2.45) is 0 Å². The Labute approximate surface area is 127 Å². The van der Waals surface area contributed by atoms with Gasteiger partial charge in [0.1, 0.15) is 5.52 Å². The maximum atomic E-state index is 7.93. The molecular formula is C15H17N5S. The van der Waals surface area contributed by atoms with Crippen LogP contribution < -0.4 is 5.49 Å². The number of hydrogen-bond donors (Lipinski definition) is 2. The lowest BCUT2D eigenvalue weighted by atomic mass is 10.2. The van der Waals surface area contributed by atoms with E-state index in [1.807, 2.05) is 22.8 Å². The summed E-state index contributed by atoms with van der Waals surface area (Å²) in [6.07, 6.45) is 2.78. The van der Waals surface area contributed by atoms with E-state index in [1.165, 1.54) is 5.56 Å². The van der Waals surface area contributed by atoms with Crippen LogP contribution in [0.1, 0.15) is 18.9 Å². The van der Waals surface area contributed by atoms with E-state index < -0.39 is 0 Å².